The molecule has 4 rings (SSSR count). The molecule has 0 aliphatic heterocycles. The Bertz CT molecular complexity index is 1280. The first-order valence-corrected chi connectivity index (χ1v) is 10.7. The number of fused-ring (bicyclic) bond motifs is 1. The van der Waals surface area contributed by atoms with E-state index in [0.29, 0.717) is 46.3 Å². The monoisotopic (exact) mass is 454 g/mol. The second-order valence-corrected chi connectivity index (χ2v) is 8.44. The fourth-order valence-corrected chi connectivity index (χ4v) is 4.45. The lowest BCUT2D eigenvalue weighted by atomic mass is 10.2. The zero-order valence-electron chi connectivity index (χ0n) is 16.4. The summed E-state index contributed by atoms with van der Waals surface area (Å²) >= 11 is 7.48. The van der Waals surface area contributed by atoms with Gasteiger partial charge in [0.15, 0.2) is 0 Å². The van der Waals surface area contributed by atoms with E-state index in [4.69, 9.17) is 27.8 Å². The zero-order chi connectivity index (χ0) is 22.0. The van der Waals surface area contributed by atoms with Gasteiger partial charge in [-0.15, -0.1) is 11.3 Å². The van der Waals surface area contributed by atoms with E-state index >= 15 is 0 Å². The largest absolute Gasteiger partial charge is 0.492 e. The van der Waals surface area contributed by atoms with Crippen LogP contribution in [-0.4, -0.2) is 27.8 Å². The molecule has 2 amide bonds. The fraction of sp³-hybridized carbons (Fsp3) is 0.136. The van der Waals surface area contributed by atoms with Crippen LogP contribution in [0.3, 0.4) is 0 Å². The molecule has 7 nitrogen and oxygen atoms in total. The average Bonchev–Trinajstić information content (AvgIpc) is 3.33. The number of aromatic nitrogens is 2. The van der Waals surface area contributed by atoms with Crippen molar-refractivity contribution in [1.82, 2.24) is 9.38 Å². The Balaban J connectivity index is 1.52. The summed E-state index contributed by atoms with van der Waals surface area (Å²) in [6, 6.07) is 12.7. The number of hydrogen-bond acceptors (Lipinski definition) is 5. The number of amides is 2. The molecule has 0 aliphatic rings. The van der Waals surface area contributed by atoms with Gasteiger partial charge in [0.05, 0.1) is 6.61 Å². The molecule has 0 bridgehead atoms. The van der Waals surface area contributed by atoms with Crippen LogP contribution in [0.25, 0.3) is 5.65 Å². The second-order valence-electron chi connectivity index (χ2n) is 6.89. The lowest BCUT2D eigenvalue weighted by molar-refractivity contribution is 0.0992. The van der Waals surface area contributed by atoms with Crippen molar-refractivity contribution in [1.29, 1.82) is 0 Å². The van der Waals surface area contributed by atoms with Crippen LogP contribution in [0.15, 0.2) is 54.9 Å². The van der Waals surface area contributed by atoms with Crippen molar-refractivity contribution in [2.75, 3.05) is 6.61 Å². The standard InChI is InChI=1S/C22H19ClN4O3S/c23-17-4-2-1-3-13(17)6-8-30-18-11-16(31-20(18)22(25)29)10-15-12-26-19-9-14(21(24)28)5-7-27(15)19/h1-5,7,9,11-12H,6,8,10H2,(H2,24,28)(H2,25,29). The van der Waals surface area contributed by atoms with E-state index in [1.54, 1.807) is 24.5 Å². The van der Waals surface area contributed by atoms with Crippen molar-refractivity contribution in [2.45, 2.75) is 12.8 Å². The molecule has 0 aliphatic carbocycles. The summed E-state index contributed by atoms with van der Waals surface area (Å²) in [4.78, 5) is 28.9. The summed E-state index contributed by atoms with van der Waals surface area (Å²) in [5.41, 5.74) is 13.8. The minimum Gasteiger partial charge on any atom is -0.492 e. The zero-order valence-corrected chi connectivity index (χ0v) is 17.9. The number of ether oxygens (including phenoxy) is 1. The first kappa shape index (κ1) is 20.9. The number of nitrogens with two attached hydrogens (primary N) is 2. The van der Waals surface area contributed by atoms with Crippen LogP contribution in [0.2, 0.25) is 5.02 Å². The number of imidazole rings is 1. The molecule has 4 aromatic rings. The topological polar surface area (TPSA) is 113 Å². The molecule has 0 radical (unpaired) electrons. The molecule has 1 aromatic carbocycles. The van der Waals surface area contributed by atoms with Gasteiger partial charge in [-0.25, -0.2) is 4.98 Å². The summed E-state index contributed by atoms with van der Waals surface area (Å²) in [5, 5.41) is 0.680. The smallest absolute Gasteiger partial charge is 0.262 e. The van der Waals surface area contributed by atoms with Crippen molar-refractivity contribution in [3.8, 4) is 5.75 Å². The number of carbonyl (C=O) groups excluding carboxylic acids is 2. The lowest BCUT2D eigenvalue weighted by Gasteiger charge is -2.07. The molecule has 4 N–H and O–H groups in total. The summed E-state index contributed by atoms with van der Waals surface area (Å²) < 4.78 is 7.73. The number of thiophene rings is 1. The van der Waals surface area contributed by atoms with Gasteiger partial charge in [-0.05, 0) is 29.8 Å². The Morgan fingerprint density at radius 1 is 1.13 bits per heavy atom. The highest BCUT2D eigenvalue weighted by atomic mass is 35.5. The predicted octanol–water partition coefficient (Wildman–Crippen LogP) is 3.46. The first-order valence-electron chi connectivity index (χ1n) is 9.47. The molecule has 0 fully saturated rings. The van der Waals surface area contributed by atoms with Gasteiger partial charge in [0.25, 0.3) is 5.91 Å². The Kier molecular flexibility index (Phi) is 5.92. The summed E-state index contributed by atoms with van der Waals surface area (Å²) in [6.45, 7) is 0.367. The number of pyridine rings is 1. The van der Waals surface area contributed by atoms with Crippen molar-refractivity contribution < 1.29 is 14.3 Å². The van der Waals surface area contributed by atoms with Crippen molar-refractivity contribution >= 4 is 40.4 Å². The molecule has 31 heavy (non-hydrogen) atoms. The molecular weight excluding hydrogens is 436 g/mol. The van der Waals surface area contributed by atoms with Crippen LogP contribution < -0.4 is 16.2 Å². The van der Waals surface area contributed by atoms with Gasteiger partial charge in [-0.1, -0.05) is 29.8 Å². The number of carbonyl (C=O) groups is 2. The minimum atomic E-state index is -0.534. The summed E-state index contributed by atoms with van der Waals surface area (Å²) in [5.74, 6) is -0.576. The number of nitrogens with zero attached hydrogens (tertiary/aromatic N) is 2. The molecule has 0 spiro atoms. The molecule has 0 unspecified atom stereocenters. The molecule has 0 saturated heterocycles. The maximum Gasteiger partial charge on any atom is 0.262 e. The number of halogens is 1. The van der Waals surface area contributed by atoms with Gasteiger partial charge in [0, 0.05) is 46.4 Å². The van der Waals surface area contributed by atoms with Gasteiger partial charge >= 0.3 is 0 Å². The third kappa shape index (κ3) is 4.55. The van der Waals surface area contributed by atoms with E-state index < -0.39 is 11.8 Å². The van der Waals surface area contributed by atoms with Crippen molar-refractivity contribution in [2.24, 2.45) is 11.5 Å². The molecule has 3 heterocycles. The maximum absolute atomic E-state index is 11.9. The second kappa shape index (κ2) is 8.79. The number of primary amides is 2. The number of hydrogen-bond donors (Lipinski definition) is 2. The van der Waals surface area contributed by atoms with E-state index in [0.717, 1.165) is 16.1 Å². The molecule has 0 saturated carbocycles. The number of benzene rings is 1. The van der Waals surface area contributed by atoms with Crippen LogP contribution in [-0.2, 0) is 12.8 Å². The van der Waals surface area contributed by atoms with Crippen molar-refractivity contribution in [3.63, 3.8) is 0 Å². The molecule has 3 aromatic heterocycles. The first-order chi connectivity index (χ1) is 14.9. The van der Waals surface area contributed by atoms with Gasteiger partial charge in [-0.2, -0.15) is 0 Å². The Morgan fingerprint density at radius 2 is 1.94 bits per heavy atom. The van der Waals surface area contributed by atoms with Crippen LogP contribution >= 0.6 is 22.9 Å². The third-order valence-electron chi connectivity index (χ3n) is 4.79. The van der Waals surface area contributed by atoms with Gasteiger partial charge in [-0.3, -0.25) is 9.59 Å². The average molecular weight is 455 g/mol. The number of rotatable bonds is 8. The van der Waals surface area contributed by atoms with E-state index in [9.17, 15) is 9.59 Å². The Labute approximate surface area is 187 Å². The van der Waals surface area contributed by atoms with Crippen LogP contribution in [0.5, 0.6) is 5.75 Å². The highest BCUT2D eigenvalue weighted by Gasteiger charge is 2.17. The van der Waals surface area contributed by atoms with Crippen LogP contribution in [0.4, 0.5) is 0 Å². The SMILES string of the molecule is NC(=O)c1ccn2c(Cc3cc(OCCc4ccccc4Cl)c(C(N)=O)s3)cnc2c1. The van der Waals surface area contributed by atoms with Crippen LogP contribution in [0, 0.1) is 0 Å². The van der Waals surface area contributed by atoms with E-state index in [-0.39, 0.29) is 0 Å². The fourth-order valence-electron chi connectivity index (χ4n) is 3.26. The maximum atomic E-state index is 11.9. The normalized spacial score (nSPS) is 11.0. The quantitative estimate of drug-likeness (QED) is 0.424. The van der Waals surface area contributed by atoms with Crippen LogP contribution in [0.1, 0.15) is 36.2 Å². The molecule has 158 valence electrons. The minimum absolute atomic E-state index is 0.367. The molecular formula is C22H19ClN4O3S. The highest BCUT2D eigenvalue weighted by Crippen LogP contribution is 2.31. The van der Waals surface area contributed by atoms with Crippen molar-refractivity contribution in [3.05, 3.63) is 86.5 Å². The molecule has 9 heteroatoms. The Morgan fingerprint density at radius 3 is 2.68 bits per heavy atom. The molecule has 0 atom stereocenters. The van der Waals surface area contributed by atoms with Gasteiger partial charge in [0.2, 0.25) is 5.91 Å². The lowest BCUT2D eigenvalue weighted by Crippen LogP contribution is -2.11. The third-order valence-corrected chi connectivity index (χ3v) is 6.29. The van der Waals surface area contributed by atoms with Gasteiger partial charge in [0.1, 0.15) is 16.3 Å². The summed E-state index contributed by atoms with van der Waals surface area (Å²) in [6.07, 6.45) is 4.61. The van der Waals surface area contributed by atoms with E-state index in [1.165, 1.54) is 11.3 Å². The summed E-state index contributed by atoms with van der Waals surface area (Å²) in [7, 11) is 0. The predicted molar refractivity (Wildman–Crippen MR) is 120 cm³/mol. The highest BCUT2D eigenvalue weighted by molar-refractivity contribution is 7.14. The Hall–Kier alpha value is -3.36. The van der Waals surface area contributed by atoms with E-state index in [1.807, 2.05) is 34.7 Å². The van der Waals surface area contributed by atoms with Gasteiger partial charge < -0.3 is 20.6 Å². The van der Waals surface area contributed by atoms with E-state index in [2.05, 4.69) is 4.98 Å².